The van der Waals surface area contributed by atoms with Gasteiger partial charge in [0.2, 0.25) is 11.8 Å². The van der Waals surface area contributed by atoms with Gasteiger partial charge in [0.15, 0.2) is 0 Å². The van der Waals surface area contributed by atoms with Crippen LogP contribution in [0.5, 0.6) is 0 Å². The highest BCUT2D eigenvalue weighted by molar-refractivity contribution is 6.00. The normalized spacial score (nSPS) is 18.9. The van der Waals surface area contributed by atoms with Gasteiger partial charge in [0.1, 0.15) is 0 Å². The second-order valence-electron chi connectivity index (χ2n) is 5.65. The van der Waals surface area contributed by atoms with Crippen molar-refractivity contribution in [2.24, 2.45) is 11.8 Å². The van der Waals surface area contributed by atoms with Crippen molar-refractivity contribution in [2.45, 2.75) is 26.2 Å². The molecule has 1 aromatic carbocycles. The van der Waals surface area contributed by atoms with Crippen molar-refractivity contribution in [1.29, 1.82) is 0 Å². The van der Waals surface area contributed by atoms with Crippen LogP contribution in [-0.2, 0) is 14.3 Å². The molecule has 0 aliphatic heterocycles. The van der Waals surface area contributed by atoms with Gasteiger partial charge in [-0.15, -0.1) is 0 Å². The Bertz CT molecular complexity index is 600. The number of amides is 2. The molecular formula is C17H22N2O4. The van der Waals surface area contributed by atoms with Crippen LogP contribution in [0.25, 0.3) is 0 Å². The molecule has 1 fully saturated rings. The molecule has 1 aliphatic carbocycles. The summed E-state index contributed by atoms with van der Waals surface area (Å²) in [4.78, 5) is 35.5. The monoisotopic (exact) mass is 318 g/mol. The fourth-order valence-electron chi connectivity index (χ4n) is 2.37. The van der Waals surface area contributed by atoms with Crippen LogP contribution in [0.4, 0.5) is 5.69 Å². The molecule has 0 bridgehead atoms. The lowest BCUT2D eigenvalue weighted by molar-refractivity contribution is -0.125. The third-order valence-corrected chi connectivity index (χ3v) is 3.84. The summed E-state index contributed by atoms with van der Waals surface area (Å²) in [6, 6.07) is 6.54. The molecule has 2 unspecified atom stereocenters. The molecular weight excluding hydrogens is 296 g/mol. The van der Waals surface area contributed by atoms with E-state index in [9.17, 15) is 14.4 Å². The molecule has 0 aromatic heterocycles. The first-order chi connectivity index (χ1) is 11.1. The molecule has 1 aliphatic rings. The summed E-state index contributed by atoms with van der Waals surface area (Å²) in [7, 11) is 1.31. The van der Waals surface area contributed by atoms with Gasteiger partial charge >= 0.3 is 5.97 Å². The summed E-state index contributed by atoms with van der Waals surface area (Å²) in [6.45, 7) is 2.71. The minimum Gasteiger partial charge on any atom is -0.465 e. The van der Waals surface area contributed by atoms with Crippen LogP contribution >= 0.6 is 0 Å². The summed E-state index contributed by atoms with van der Waals surface area (Å²) in [5.41, 5.74) is 0.893. The largest absolute Gasteiger partial charge is 0.465 e. The number of anilines is 1. The summed E-state index contributed by atoms with van der Waals surface area (Å²) in [5, 5.41) is 5.59. The lowest BCUT2D eigenvalue weighted by Crippen LogP contribution is -2.28. The Hall–Kier alpha value is -2.37. The van der Waals surface area contributed by atoms with E-state index >= 15 is 0 Å². The van der Waals surface area contributed by atoms with Crippen molar-refractivity contribution in [3.63, 3.8) is 0 Å². The predicted octanol–water partition coefficient (Wildman–Crippen LogP) is 1.96. The summed E-state index contributed by atoms with van der Waals surface area (Å²) in [5.74, 6) is -1.24. The Morgan fingerprint density at radius 2 is 1.96 bits per heavy atom. The second-order valence-corrected chi connectivity index (χ2v) is 5.65. The van der Waals surface area contributed by atoms with E-state index in [0.717, 1.165) is 12.8 Å². The van der Waals surface area contributed by atoms with E-state index in [4.69, 9.17) is 0 Å². The van der Waals surface area contributed by atoms with Crippen molar-refractivity contribution >= 4 is 23.5 Å². The Morgan fingerprint density at radius 1 is 1.22 bits per heavy atom. The number of methoxy groups -OCH3 is 1. The SMILES string of the molecule is CCCCNC(=O)C1CC1C(=O)Nc1cccc(C(=O)OC)c1. The highest BCUT2D eigenvalue weighted by atomic mass is 16.5. The van der Waals surface area contributed by atoms with E-state index in [-0.39, 0.29) is 23.7 Å². The second kappa shape index (κ2) is 7.76. The van der Waals surface area contributed by atoms with E-state index in [2.05, 4.69) is 22.3 Å². The average molecular weight is 318 g/mol. The van der Waals surface area contributed by atoms with Crippen LogP contribution in [0, 0.1) is 11.8 Å². The molecule has 0 radical (unpaired) electrons. The quantitative estimate of drug-likeness (QED) is 0.594. The van der Waals surface area contributed by atoms with Crippen LogP contribution < -0.4 is 10.6 Å². The number of carbonyl (C=O) groups is 3. The van der Waals surface area contributed by atoms with Crippen LogP contribution in [-0.4, -0.2) is 31.4 Å². The molecule has 124 valence electrons. The topological polar surface area (TPSA) is 84.5 Å². The average Bonchev–Trinajstić information content (AvgIpc) is 3.35. The van der Waals surface area contributed by atoms with Crippen molar-refractivity contribution in [3.05, 3.63) is 29.8 Å². The number of esters is 1. The van der Waals surface area contributed by atoms with Crippen LogP contribution in [0.1, 0.15) is 36.5 Å². The molecule has 0 spiro atoms. The smallest absolute Gasteiger partial charge is 0.337 e. The fourth-order valence-corrected chi connectivity index (χ4v) is 2.37. The molecule has 23 heavy (non-hydrogen) atoms. The van der Waals surface area contributed by atoms with E-state index in [1.54, 1.807) is 24.3 Å². The highest BCUT2D eigenvalue weighted by Gasteiger charge is 2.47. The van der Waals surface area contributed by atoms with Crippen molar-refractivity contribution in [2.75, 3.05) is 19.0 Å². The van der Waals surface area contributed by atoms with Gasteiger partial charge in [-0.25, -0.2) is 4.79 Å². The first-order valence-electron chi connectivity index (χ1n) is 7.83. The number of benzene rings is 1. The van der Waals surface area contributed by atoms with Gasteiger partial charge in [0, 0.05) is 12.2 Å². The van der Waals surface area contributed by atoms with Crippen molar-refractivity contribution < 1.29 is 19.1 Å². The molecule has 6 nitrogen and oxygen atoms in total. The zero-order valence-electron chi connectivity index (χ0n) is 13.4. The maximum absolute atomic E-state index is 12.2. The van der Waals surface area contributed by atoms with Gasteiger partial charge in [-0.2, -0.15) is 0 Å². The number of rotatable bonds is 7. The van der Waals surface area contributed by atoms with Crippen LogP contribution in [0.15, 0.2) is 24.3 Å². The van der Waals surface area contributed by atoms with Gasteiger partial charge in [-0.1, -0.05) is 19.4 Å². The Kier molecular flexibility index (Phi) is 5.73. The van der Waals surface area contributed by atoms with E-state index in [1.165, 1.54) is 7.11 Å². The lowest BCUT2D eigenvalue weighted by atomic mass is 10.2. The van der Waals surface area contributed by atoms with Gasteiger partial charge < -0.3 is 15.4 Å². The summed E-state index contributed by atoms with van der Waals surface area (Å²) < 4.78 is 4.65. The molecule has 2 amide bonds. The Balaban J connectivity index is 1.86. The van der Waals surface area contributed by atoms with Crippen LogP contribution in [0.3, 0.4) is 0 Å². The minimum atomic E-state index is -0.458. The zero-order valence-corrected chi connectivity index (χ0v) is 13.4. The van der Waals surface area contributed by atoms with Gasteiger partial charge in [-0.3, -0.25) is 9.59 Å². The predicted molar refractivity (Wildman–Crippen MR) is 85.9 cm³/mol. The number of hydrogen-bond acceptors (Lipinski definition) is 4. The molecule has 0 heterocycles. The molecule has 0 saturated heterocycles. The first kappa shape index (κ1) is 17.0. The third-order valence-electron chi connectivity index (χ3n) is 3.84. The highest BCUT2D eigenvalue weighted by Crippen LogP contribution is 2.39. The maximum atomic E-state index is 12.2. The fraction of sp³-hybridized carbons (Fsp3) is 0.471. The molecule has 2 rings (SSSR count). The lowest BCUT2D eigenvalue weighted by Gasteiger charge is -2.07. The number of unbranched alkanes of at least 4 members (excludes halogenated alkanes) is 1. The molecule has 1 saturated carbocycles. The molecule has 1 aromatic rings. The van der Waals surface area contributed by atoms with Crippen LogP contribution in [0.2, 0.25) is 0 Å². The number of carbonyl (C=O) groups excluding carboxylic acids is 3. The van der Waals surface area contributed by atoms with Crippen molar-refractivity contribution in [1.82, 2.24) is 5.32 Å². The van der Waals surface area contributed by atoms with E-state index < -0.39 is 5.97 Å². The van der Waals surface area contributed by atoms with Crippen molar-refractivity contribution in [3.8, 4) is 0 Å². The Morgan fingerprint density at radius 3 is 2.65 bits per heavy atom. The molecule has 2 N–H and O–H groups in total. The first-order valence-corrected chi connectivity index (χ1v) is 7.83. The van der Waals surface area contributed by atoms with E-state index in [1.807, 2.05) is 0 Å². The Labute approximate surface area is 135 Å². The van der Waals surface area contributed by atoms with Gasteiger partial charge in [0.05, 0.1) is 24.5 Å². The number of hydrogen-bond donors (Lipinski definition) is 2. The number of nitrogens with one attached hydrogen (secondary N) is 2. The molecule has 6 heteroatoms. The van der Waals surface area contributed by atoms with Gasteiger partial charge in [-0.05, 0) is 31.0 Å². The van der Waals surface area contributed by atoms with Gasteiger partial charge in [0.25, 0.3) is 0 Å². The number of ether oxygens (including phenoxy) is 1. The zero-order chi connectivity index (χ0) is 16.8. The maximum Gasteiger partial charge on any atom is 0.337 e. The summed E-state index contributed by atoms with van der Waals surface area (Å²) in [6.07, 6.45) is 2.53. The summed E-state index contributed by atoms with van der Waals surface area (Å²) >= 11 is 0. The standard InChI is InChI=1S/C17H22N2O4/c1-3-4-8-18-15(20)13-10-14(13)16(21)19-12-7-5-6-11(9-12)17(22)23-2/h5-7,9,13-14H,3-4,8,10H2,1-2H3,(H,18,20)(H,19,21). The minimum absolute atomic E-state index is 0.0538. The van der Waals surface area contributed by atoms with E-state index in [0.29, 0.717) is 24.2 Å². The molecule has 2 atom stereocenters. The third kappa shape index (κ3) is 4.55.